The number of oxazole rings is 1. The summed E-state index contributed by atoms with van der Waals surface area (Å²) in [5, 5.41) is 3.15. The second kappa shape index (κ2) is 4.51. The van der Waals surface area contributed by atoms with Crippen LogP contribution < -0.4 is 11.1 Å². The van der Waals surface area contributed by atoms with Crippen LogP contribution in [0.5, 0.6) is 0 Å². The lowest BCUT2D eigenvalue weighted by atomic mass is 10.3. The van der Waals surface area contributed by atoms with Gasteiger partial charge in [-0.1, -0.05) is 0 Å². The van der Waals surface area contributed by atoms with Gasteiger partial charge < -0.3 is 9.73 Å². The molecular weight excluding hydrogens is 312 g/mol. The van der Waals surface area contributed by atoms with Crippen molar-refractivity contribution in [3.8, 4) is 0 Å². The second-order valence-electron chi connectivity index (χ2n) is 3.95. The maximum atomic E-state index is 11.4. The molecule has 0 aliphatic rings. The molecule has 0 unspecified atom stereocenters. The summed E-state index contributed by atoms with van der Waals surface area (Å²) in [6.07, 6.45) is 3.11. The van der Waals surface area contributed by atoms with Crippen LogP contribution in [-0.2, 0) is 7.05 Å². The number of anilines is 2. The molecular formula is C12H9BrN4O2. The van der Waals surface area contributed by atoms with Gasteiger partial charge >= 0.3 is 5.76 Å². The quantitative estimate of drug-likeness (QED) is 0.785. The van der Waals surface area contributed by atoms with Gasteiger partial charge in [0.2, 0.25) is 0 Å². The molecule has 0 saturated heterocycles. The van der Waals surface area contributed by atoms with Gasteiger partial charge in [-0.3, -0.25) is 4.57 Å². The Morgan fingerprint density at radius 2 is 2.26 bits per heavy atom. The first-order valence-electron chi connectivity index (χ1n) is 5.47. The van der Waals surface area contributed by atoms with E-state index in [0.717, 1.165) is 15.7 Å². The topological polar surface area (TPSA) is 73.0 Å². The number of rotatable bonds is 2. The fraction of sp³-hybridized carbons (Fsp3) is 0.0833. The number of aryl methyl sites for hydroxylation is 1. The van der Waals surface area contributed by atoms with Gasteiger partial charge in [-0.15, -0.1) is 0 Å². The highest BCUT2D eigenvalue weighted by atomic mass is 79.9. The minimum absolute atomic E-state index is 0.379. The molecule has 6 nitrogen and oxygen atoms in total. The van der Waals surface area contributed by atoms with Crippen molar-refractivity contribution in [3.05, 3.63) is 45.7 Å². The van der Waals surface area contributed by atoms with Crippen molar-refractivity contribution in [3.63, 3.8) is 0 Å². The largest absolute Gasteiger partial charge is 0.419 e. The van der Waals surface area contributed by atoms with E-state index in [0.29, 0.717) is 11.4 Å². The molecule has 19 heavy (non-hydrogen) atoms. The summed E-state index contributed by atoms with van der Waals surface area (Å²) in [6.45, 7) is 0. The minimum Gasteiger partial charge on any atom is -0.408 e. The van der Waals surface area contributed by atoms with Gasteiger partial charge in [-0.05, 0) is 34.1 Å². The predicted octanol–water partition coefficient (Wildman–Crippen LogP) is 2.43. The Hall–Kier alpha value is -2.15. The third-order valence-electron chi connectivity index (χ3n) is 2.72. The molecule has 2 heterocycles. The van der Waals surface area contributed by atoms with Crippen molar-refractivity contribution in [2.75, 3.05) is 5.32 Å². The molecule has 0 saturated carbocycles. The van der Waals surface area contributed by atoms with Crippen LogP contribution in [0.3, 0.4) is 0 Å². The zero-order chi connectivity index (χ0) is 13.4. The van der Waals surface area contributed by atoms with E-state index < -0.39 is 0 Å². The molecule has 0 fully saturated rings. The van der Waals surface area contributed by atoms with Crippen LogP contribution in [0.2, 0.25) is 0 Å². The van der Waals surface area contributed by atoms with Crippen LogP contribution in [0.1, 0.15) is 0 Å². The lowest BCUT2D eigenvalue weighted by Gasteiger charge is -2.06. The van der Waals surface area contributed by atoms with Crippen molar-refractivity contribution in [1.82, 2.24) is 14.5 Å². The Morgan fingerprint density at radius 1 is 1.42 bits per heavy atom. The maximum absolute atomic E-state index is 11.4. The molecule has 1 aromatic carbocycles. The lowest BCUT2D eigenvalue weighted by Crippen LogP contribution is -2.08. The molecule has 3 rings (SSSR count). The highest BCUT2D eigenvalue weighted by molar-refractivity contribution is 9.10. The van der Waals surface area contributed by atoms with Crippen LogP contribution in [0.4, 0.5) is 11.5 Å². The van der Waals surface area contributed by atoms with Crippen LogP contribution in [0.15, 0.2) is 44.4 Å². The summed E-state index contributed by atoms with van der Waals surface area (Å²) in [5.41, 5.74) is 2.09. The SMILES string of the molecule is Cn1c(=O)oc2ccc(Nc3ncncc3Br)cc21. The Kier molecular flexibility index (Phi) is 2.83. The van der Waals surface area contributed by atoms with Gasteiger partial charge in [0, 0.05) is 18.9 Å². The number of benzene rings is 1. The molecule has 0 radical (unpaired) electrons. The second-order valence-corrected chi connectivity index (χ2v) is 4.81. The summed E-state index contributed by atoms with van der Waals surface area (Å²) in [6, 6.07) is 5.39. The van der Waals surface area contributed by atoms with E-state index in [4.69, 9.17) is 4.42 Å². The third kappa shape index (κ3) is 2.12. The van der Waals surface area contributed by atoms with E-state index in [1.165, 1.54) is 10.9 Å². The van der Waals surface area contributed by atoms with Crippen LogP contribution in [-0.4, -0.2) is 14.5 Å². The number of hydrogen-bond acceptors (Lipinski definition) is 5. The number of hydrogen-bond donors (Lipinski definition) is 1. The first kappa shape index (κ1) is 11.9. The predicted molar refractivity (Wildman–Crippen MR) is 74.5 cm³/mol. The average Bonchev–Trinajstić information content (AvgIpc) is 2.68. The molecule has 2 aromatic heterocycles. The number of nitrogens with zero attached hydrogens (tertiary/aromatic N) is 3. The molecule has 96 valence electrons. The van der Waals surface area contributed by atoms with E-state index in [1.807, 2.05) is 12.1 Å². The first-order chi connectivity index (χ1) is 9.15. The van der Waals surface area contributed by atoms with Crippen LogP contribution in [0.25, 0.3) is 11.1 Å². The summed E-state index contributed by atoms with van der Waals surface area (Å²) in [7, 11) is 1.67. The average molecular weight is 321 g/mol. The molecule has 0 atom stereocenters. The molecule has 0 bridgehead atoms. The van der Waals surface area contributed by atoms with E-state index in [9.17, 15) is 4.79 Å². The van der Waals surface area contributed by atoms with Gasteiger partial charge in [0.25, 0.3) is 0 Å². The minimum atomic E-state index is -0.379. The van der Waals surface area contributed by atoms with E-state index >= 15 is 0 Å². The van der Waals surface area contributed by atoms with E-state index in [2.05, 4.69) is 31.2 Å². The molecule has 7 heteroatoms. The number of aromatic nitrogens is 3. The third-order valence-corrected chi connectivity index (χ3v) is 3.30. The highest BCUT2D eigenvalue weighted by Gasteiger charge is 2.07. The smallest absolute Gasteiger partial charge is 0.408 e. The molecule has 0 aliphatic heterocycles. The Labute approximate surface area is 116 Å². The molecule has 0 aliphatic carbocycles. The molecule has 1 N–H and O–H groups in total. The Balaban J connectivity index is 2.04. The number of nitrogens with one attached hydrogen (secondary N) is 1. The van der Waals surface area contributed by atoms with Crippen LogP contribution >= 0.6 is 15.9 Å². The highest BCUT2D eigenvalue weighted by Crippen LogP contribution is 2.24. The summed E-state index contributed by atoms with van der Waals surface area (Å²) in [4.78, 5) is 19.4. The van der Waals surface area contributed by atoms with Crippen LogP contribution in [0, 0.1) is 0 Å². The molecule has 0 amide bonds. The van der Waals surface area contributed by atoms with Gasteiger partial charge in [-0.2, -0.15) is 0 Å². The van der Waals surface area contributed by atoms with Crippen molar-refractivity contribution in [2.24, 2.45) is 7.05 Å². The van der Waals surface area contributed by atoms with Gasteiger partial charge in [0.1, 0.15) is 12.1 Å². The molecule has 3 aromatic rings. The summed E-state index contributed by atoms with van der Waals surface area (Å²) >= 11 is 3.36. The first-order valence-corrected chi connectivity index (χ1v) is 6.26. The zero-order valence-corrected chi connectivity index (χ0v) is 11.5. The standard InChI is InChI=1S/C12H9BrN4O2/c1-17-9-4-7(2-3-10(9)19-12(17)18)16-11-8(13)5-14-6-15-11/h2-6H,1H3,(H,14,15,16). The van der Waals surface area contributed by atoms with Crippen molar-refractivity contribution >= 4 is 38.5 Å². The van der Waals surface area contributed by atoms with Gasteiger partial charge in [0.15, 0.2) is 5.58 Å². The monoisotopic (exact) mass is 320 g/mol. The Bertz CT molecular complexity index is 809. The Morgan fingerprint density at radius 3 is 3.05 bits per heavy atom. The zero-order valence-electron chi connectivity index (χ0n) is 9.92. The van der Waals surface area contributed by atoms with Crippen molar-refractivity contribution < 1.29 is 4.42 Å². The van der Waals surface area contributed by atoms with Crippen molar-refractivity contribution in [1.29, 1.82) is 0 Å². The molecule has 0 spiro atoms. The normalized spacial score (nSPS) is 10.8. The fourth-order valence-corrected chi connectivity index (χ4v) is 2.07. The van der Waals surface area contributed by atoms with Crippen molar-refractivity contribution in [2.45, 2.75) is 0 Å². The van der Waals surface area contributed by atoms with Gasteiger partial charge in [0.05, 0.1) is 9.99 Å². The maximum Gasteiger partial charge on any atom is 0.419 e. The fourth-order valence-electron chi connectivity index (χ4n) is 1.75. The summed E-state index contributed by atoms with van der Waals surface area (Å²) < 4.78 is 7.29. The lowest BCUT2D eigenvalue weighted by molar-refractivity contribution is 0.528. The van der Waals surface area contributed by atoms with Gasteiger partial charge in [-0.25, -0.2) is 14.8 Å². The van der Waals surface area contributed by atoms with E-state index in [-0.39, 0.29) is 5.76 Å². The number of fused-ring (bicyclic) bond motifs is 1. The number of halogens is 1. The van der Waals surface area contributed by atoms with E-state index in [1.54, 1.807) is 19.3 Å². The summed E-state index contributed by atoms with van der Waals surface area (Å²) in [5.74, 6) is 0.276.